The van der Waals surface area contributed by atoms with Crippen LogP contribution in [0.5, 0.6) is 0 Å². The smallest absolute Gasteiger partial charge is 0.408 e. The van der Waals surface area contributed by atoms with Crippen molar-refractivity contribution in [2.24, 2.45) is 9.50 Å². The molecule has 30 heavy (non-hydrogen) atoms. The van der Waals surface area contributed by atoms with Gasteiger partial charge in [0.15, 0.2) is 0 Å². The van der Waals surface area contributed by atoms with Gasteiger partial charge in [0.2, 0.25) is 0 Å². The van der Waals surface area contributed by atoms with Crippen LogP contribution in [0.15, 0.2) is 59.0 Å². The fourth-order valence-corrected chi connectivity index (χ4v) is 4.29. The van der Waals surface area contributed by atoms with Gasteiger partial charge >= 0.3 is 6.09 Å². The summed E-state index contributed by atoms with van der Waals surface area (Å²) in [6, 6.07) is 14.3. The zero-order valence-electron chi connectivity index (χ0n) is 16.3. The molecule has 0 spiro atoms. The number of alkyl carbamates (subject to hydrolysis) is 1. The van der Waals surface area contributed by atoms with Crippen molar-refractivity contribution in [3.8, 4) is 0 Å². The predicted molar refractivity (Wildman–Crippen MR) is 108 cm³/mol. The lowest BCUT2D eigenvalue weighted by molar-refractivity contribution is 0.0629. The fraction of sp³-hybridized carbons (Fsp3) is 0.300. The molecule has 163 valence electrons. The number of nitrogens with two attached hydrogens (primary N) is 1. The third kappa shape index (κ3) is 7.34. The van der Waals surface area contributed by atoms with Crippen molar-refractivity contribution in [3.05, 3.63) is 78.5 Å². The van der Waals surface area contributed by atoms with E-state index in [0.717, 1.165) is 11.6 Å². The van der Waals surface area contributed by atoms with Crippen molar-refractivity contribution in [2.75, 3.05) is 12.3 Å². The summed E-state index contributed by atoms with van der Waals surface area (Å²) in [4.78, 5) is 12.4. The second kappa shape index (κ2) is 9.48. The molecule has 1 unspecified atom stereocenters. The Hall–Kier alpha value is -2.59. The minimum absolute atomic E-state index is 0.0450. The van der Waals surface area contributed by atoms with Gasteiger partial charge in [-0.25, -0.2) is 31.7 Å². The van der Waals surface area contributed by atoms with Crippen LogP contribution in [-0.4, -0.2) is 28.5 Å². The Labute approximate surface area is 173 Å². The quantitative estimate of drug-likeness (QED) is 0.652. The van der Waals surface area contributed by atoms with Gasteiger partial charge in [-0.15, -0.1) is 0 Å². The Bertz CT molecular complexity index is 990. The molecule has 3 N–H and O–H groups in total. The number of nitrogens with zero attached hydrogens (tertiary/aromatic N) is 1. The second-order valence-electron chi connectivity index (χ2n) is 6.98. The summed E-state index contributed by atoms with van der Waals surface area (Å²) < 4.78 is 61.6. The van der Waals surface area contributed by atoms with E-state index in [9.17, 15) is 22.2 Å². The van der Waals surface area contributed by atoms with Gasteiger partial charge in [-0.1, -0.05) is 48.5 Å². The number of nitrogens with one attached hydrogen (secondary N) is 1. The average Bonchev–Trinajstić information content (AvgIpc) is 2.65. The molecular weight excluding hydrogens is 419 g/mol. The Kier molecular flexibility index (Phi) is 7.49. The largest absolute Gasteiger partial charge is 0.445 e. The summed E-state index contributed by atoms with van der Waals surface area (Å²) in [5.41, 5.74) is -0.975. The minimum Gasteiger partial charge on any atom is -0.445 e. The molecule has 2 atom stereocenters. The van der Waals surface area contributed by atoms with E-state index in [4.69, 9.17) is 9.88 Å². The molecule has 6 nitrogen and oxygen atoms in total. The van der Waals surface area contributed by atoms with Crippen LogP contribution < -0.4 is 10.5 Å². The van der Waals surface area contributed by atoms with Crippen LogP contribution in [-0.2, 0) is 26.8 Å². The van der Waals surface area contributed by atoms with E-state index in [1.54, 1.807) is 30.3 Å². The number of halogens is 3. The molecule has 0 saturated heterocycles. The molecule has 0 aliphatic heterocycles. The molecule has 1 radical (unpaired) electrons. The van der Waals surface area contributed by atoms with E-state index >= 15 is 0 Å². The number of hydrogen-bond acceptors (Lipinski definition) is 4. The van der Waals surface area contributed by atoms with Crippen molar-refractivity contribution >= 4 is 16.0 Å². The summed E-state index contributed by atoms with van der Waals surface area (Å²) in [5.74, 6) is -4.79. The lowest BCUT2D eigenvalue weighted by Gasteiger charge is -2.31. The maximum atomic E-state index is 14.5. The van der Waals surface area contributed by atoms with E-state index in [1.807, 2.05) is 0 Å². The van der Waals surface area contributed by atoms with E-state index < -0.39 is 45.6 Å². The van der Waals surface area contributed by atoms with Crippen molar-refractivity contribution in [1.29, 1.82) is 0 Å². The van der Waals surface area contributed by atoms with Gasteiger partial charge in [0.05, 0.1) is 11.3 Å². The van der Waals surface area contributed by atoms with Gasteiger partial charge in [-0.3, -0.25) is 0 Å². The highest BCUT2D eigenvalue weighted by atomic mass is 32.2. The van der Waals surface area contributed by atoms with Gasteiger partial charge in [0.25, 0.3) is 5.92 Å². The maximum absolute atomic E-state index is 14.5. The molecule has 0 aliphatic rings. The number of carbonyl (C=O) groups is 1. The molecule has 2 aromatic carbocycles. The van der Waals surface area contributed by atoms with E-state index in [1.165, 1.54) is 25.1 Å². The molecule has 0 heterocycles. The van der Waals surface area contributed by atoms with Crippen molar-refractivity contribution in [3.63, 3.8) is 0 Å². The SMILES string of the molecule is [CH2]C(F)(F)CN=S(N)(=O)C[C@](C)(NC(=O)OCc1ccccc1)c1ccccc1F. The van der Waals surface area contributed by atoms with Crippen molar-refractivity contribution in [1.82, 2.24) is 5.32 Å². The van der Waals surface area contributed by atoms with Crippen LogP contribution >= 0.6 is 0 Å². The lowest BCUT2D eigenvalue weighted by Crippen LogP contribution is -2.50. The molecule has 0 aliphatic carbocycles. The molecule has 0 bridgehead atoms. The van der Waals surface area contributed by atoms with Crippen LogP contribution in [0.1, 0.15) is 18.1 Å². The monoisotopic (exact) mass is 442 g/mol. The van der Waals surface area contributed by atoms with E-state index in [-0.39, 0.29) is 12.2 Å². The third-order valence-corrected chi connectivity index (χ3v) is 5.63. The summed E-state index contributed by atoms with van der Waals surface area (Å²) in [6.07, 6.45) is -0.928. The molecule has 0 saturated carbocycles. The predicted octanol–water partition coefficient (Wildman–Crippen LogP) is 3.78. The highest BCUT2D eigenvalue weighted by Gasteiger charge is 2.35. The molecule has 0 fully saturated rings. The van der Waals surface area contributed by atoms with Crippen LogP contribution in [0.4, 0.5) is 18.0 Å². The first-order chi connectivity index (χ1) is 13.9. The zero-order valence-corrected chi connectivity index (χ0v) is 17.1. The summed E-state index contributed by atoms with van der Waals surface area (Å²) >= 11 is 0. The number of hydrogen-bond donors (Lipinski definition) is 2. The number of carbonyl (C=O) groups excluding carboxylic acids is 1. The molecule has 1 amide bonds. The minimum atomic E-state index is -3.73. The van der Waals surface area contributed by atoms with Crippen LogP contribution in [0.25, 0.3) is 0 Å². The van der Waals surface area contributed by atoms with Crippen LogP contribution in [0.2, 0.25) is 0 Å². The van der Waals surface area contributed by atoms with Crippen LogP contribution in [0, 0.1) is 12.7 Å². The molecule has 0 aromatic heterocycles. The number of alkyl halides is 2. The van der Waals surface area contributed by atoms with Crippen molar-refractivity contribution in [2.45, 2.75) is 25.0 Å². The number of rotatable bonds is 8. The van der Waals surface area contributed by atoms with Crippen LogP contribution in [0.3, 0.4) is 0 Å². The molecule has 2 rings (SSSR count). The van der Waals surface area contributed by atoms with E-state index in [2.05, 4.69) is 16.6 Å². The Morgan fingerprint density at radius 1 is 1.20 bits per heavy atom. The summed E-state index contributed by atoms with van der Waals surface area (Å²) in [5, 5.41) is 8.07. The normalized spacial score (nSPS) is 15.5. The van der Waals surface area contributed by atoms with Crippen molar-refractivity contribution < 1.29 is 26.9 Å². The highest BCUT2D eigenvalue weighted by molar-refractivity contribution is 7.91. The fourth-order valence-electron chi connectivity index (χ4n) is 2.74. The Morgan fingerprint density at radius 2 is 1.80 bits per heavy atom. The number of benzene rings is 2. The molecule has 2 aromatic rings. The summed E-state index contributed by atoms with van der Waals surface area (Å²) in [7, 11) is -3.73. The van der Waals surface area contributed by atoms with Gasteiger partial charge in [-0.05, 0) is 18.6 Å². The molecule has 10 heteroatoms. The Morgan fingerprint density at radius 3 is 2.40 bits per heavy atom. The zero-order chi connectivity index (χ0) is 22.4. The molecular formula is C20H23F3N3O3S. The first-order valence-corrected chi connectivity index (χ1v) is 10.6. The average molecular weight is 442 g/mol. The first-order valence-electron chi connectivity index (χ1n) is 8.86. The standard InChI is InChI=1S/C20H23F3N3O3S/c1-19(16-10-6-7-11-17(16)21,14-30(24,28)25-13-20(2,22)23)26-18(27)29-12-15-8-4-3-5-9-15/h3-11H,2,12-14H2,1H3,(H,26,27)(H2,24,25,28)/t19-,30?/m0/s1. The van der Waals surface area contributed by atoms with E-state index in [0.29, 0.717) is 0 Å². The third-order valence-electron chi connectivity index (χ3n) is 4.07. The topological polar surface area (TPSA) is 93.8 Å². The van der Waals surface area contributed by atoms with Gasteiger partial charge in [0, 0.05) is 12.5 Å². The second-order valence-corrected chi connectivity index (χ2v) is 8.90. The number of ether oxygens (including phenoxy) is 1. The number of amides is 1. The first kappa shape index (κ1) is 23.7. The van der Waals surface area contributed by atoms with Gasteiger partial charge in [-0.2, -0.15) is 0 Å². The Balaban J connectivity index is 2.27. The van der Waals surface area contributed by atoms with Gasteiger partial charge in [0.1, 0.15) is 28.9 Å². The highest BCUT2D eigenvalue weighted by Crippen LogP contribution is 2.26. The summed E-state index contributed by atoms with van der Waals surface area (Å²) in [6.45, 7) is 2.71. The maximum Gasteiger partial charge on any atom is 0.408 e. The lowest BCUT2D eigenvalue weighted by atomic mass is 9.94. The van der Waals surface area contributed by atoms with Gasteiger partial charge < -0.3 is 10.1 Å².